The summed E-state index contributed by atoms with van der Waals surface area (Å²) >= 11 is 0. The van der Waals surface area contributed by atoms with E-state index in [1.54, 1.807) is 20.8 Å². The molecular formula is C21H31N3O8. The Kier molecular flexibility index (Phi) is 9.10. The summed E-state index contributed by atoms with van der Waals surface area (Å²) in [5.41, 5.74) is 2.15. The van der Waals surface area contributed by atoms with Crippen molar-refractivity contribution in [1.29, 1.82) is 0 Å². The van der Waals surface area contributed by atoms with Crippen molar-refractivity contribution in [2.24, 2.45) is 0 Å². The quantitative estimate of drug-likeness (QED) is 0.253. The van der Waals surface area contributed by atoms with Crippen LogP contribution in [-0.2, 0) is 9.53 Å². The topological polar surface area (TPSA) is 169 Å². The summed E-state index contributed by atoms with van der Waals surface area (Å²) in [6.45, 7) is 4.16. The maximum atomic E-state index is 13.1. The number of hydrogen-bond acceptors (Lipinski definition) is 8. The van der Waals surface area contributed by atoms with Crippen LogP contribution in [0.25, 0.3) is 0 Å². The Bertz CT molecular complexity index is 873. The molecule has 0 saturated carbocycles. The van der Waals surface area contributed by atoms with Crippen LogP contribution in [0.2, 0.25) is 0 Å². The number of nitrogens with one attached hydrogen (secondary N) is 2. The average Bonchev–Trinajstić information content (AvgIpc) is 2.76. The molecule has 0 spiro atoms. The zero-order valence-corrected chi connectivity index (χ0v) is 18.5. The molecule has 1 heterocycles. The first-order valence-electron chi connectivity index (χ1n) is 10.3. The van der Waals surface area contributed by atoms with Gasteiger partial charge in [0.05, 0.1) is 31.6 Å². The molecule has 1 aliphatic heterocycles. The second kappa shape index (κ2) is 11.3. The fourth-order valence-corrected chi connectivity index (χ4v) is 3.85. The van der Waals surface area contributed by atoms with Crippen LogP contribution >= 0.6 is 0 Å². The van der Waals surface area contributed by atoms with Crippen LogP contribution in [0.15, 0.2) is 0 Å². The minimum Gasteiger partial charge on any atom is -0.395 e. The Morgan fingerprint density at radius 1 is 1.00 bits per heavy atom. The van der Waals surface area contributed by atoms with Gasteiger partial charge in [-0.05, 0) is 37.5 Å². The predicted octanol–water partition coefficient (Wildman–Crippen LogP) is -1.86. The molecule has 1 saturated heterocycles. The van der Waals surface area contributed by atoms with Gasteiger partial charge in [0.25, 0.3) is 17.7 Å². The molecule has 1 aromatic rings. The third-order valence-electron chi connectivity index (χ3n) is 5.42. The minimum absolute atomic E-state index is 0.0180. The number of anilines is 1. The molecule has 0 bridgehead atoms. The van der Waals surface area contributed by atoms with Gasteiger partial charge < -0.3 is 40.7 Å². The molecule has 11 heteroatoms. The largest absolute Gasteiger partial charge is 0.395 e. The molecule has 0 aliphatic carbocycles. The number of carbonyl (C=O) groups is 3. The van der Waals surface area contributed by atoms with Gasteiger partial charge in [-0.15, -0.1) is 0 Å². The van der Waals surface area contributed by atoms with E-state index >= 15 is 0 Å². The van der Waals surface area contributed by atoms with E-state index in [1.807, 2.05) is 0 Å². The molecular weight excluding hydrogens is 422 g/mol. The second-order valence-electron chi connectivity index (χ2n) is 7.58. The highest BCUT2D eigenvalue weighted by atomic mass is 16.5. The molecule has 3 amide bonds. The Balaban J connectivity index is 2.56. The summed E-state index contributed by atoms with van der Waals surface area (Å²) in [6.07, 6.45) is -2.81. The molecule has 2 unspecified atom stereocenters. The molecule has 1 fully saturated rings. The van der Waals surface area contributed by atoms with Gasteiger partial charge in [-0.25, -0.2) is 0 Å². The standard InChI is InChI=1S/C21H31N3O8/c1-11-17(20(30)22-4-6-25)12(2)19(24-5-7-32-10-16(24)29)13(3)18(11)21(31)23-8-14(27)15(28)9-26/h14-15,25-28H,4-10H2,1-3H3,(H,22,30)(H,23,31). The van der Waals surface area contributed by atoms with E-state index in [2.05, 4.69) is 10.6 Å². The van der Waals surface area contributed by atoms with E-state index < -0.39 is 30.6 Å². The van der Waals surface area contributed by atoms with Crippen molar-refractivity contribution in [1.82, 2.24) is 10.6 Å². The van der Waals surface area contributed by atoms with Crippen molar-refractivity contribution in [3.8, 4) is 0 Å². The number of nitrogens with zero attached hydrogens (tertiary/aromatic N) is 1. The first-order valence-corrected chi connectivity index (χ1v) is 10.3. The number of aliphatic hydroxyl groups excluding tert-OH is 4. The van der Waals surface area contributed by atoms with Crippen LogP contribution in [0.5, 0.6) is 0 Å². The molecule has 1 aromatic carbocycles. The van der Waals surface area contributed by atoms with Gasteiger partial charge in [-0.1, -0.05) is 0 Å². The summed E-state index contributed by atoms with van der Waals surface area (Å²) in [4.78, 5) is 39.9. The van der Waals surface area contributed by atoms with Crippen molar-refractivity contribution in [3.63, 3.8) is 0 Å². The van der Waals surface area contributed by atoms with Crippen LogP contribution < -0.4 is 15.5 Å². The van der Waals surface area contributed by atoms with E-state index in [0.29, 0.717) is 29.0 Å². The van der Waals surface area contributed by atoms with Crippen molar-refractivity contribution < 1.29 is 39.5 Å². The maximum absolute atomic E-state index is 13.1. The highest BCUT2D eigenvalue weighted by molar-refractivity contribution is 6.08. The van der Waals surface area contributed by atoms with Gasteiger partial charge in [0.2, 0.25) is 0 Å². The highest BCUT2D eigenvalue weighted by Crippen LogP contribution is 2.34. The minimum atomic E-state index is -1.42. The van der Waals surface area contributed by atoms with Gasteiger partial charge in [-0.3, -0.25) is 14.4 Å². The number of carbonyl (C=O) groups excluding carboxylic acids is 3. The summed E-state index contributed by atoms with van der Waals surface area (Å²) in [7, 11) is 0. The van der Waals surface area contributed by atoms with Gasteiger partial charge in [0.15, 0.2) is 0 Å². The van der Waals surface area contributed by atoms with Gasteiger partial charge in [-0.2, -0.15) is 0 Å². The lowest BCUT2D eigenvalue weighted by Gasteiger charge is -2.32. The number of amides is 3. The van der Waals surface area contributed by atoms with Gasteiger partial charge >= 0.3 is 0 Å². The summed E-state index contributed by atoms with van der Waals surface area (Å²) in [5.74, 6) is -1.41. The average molecular weight is 453 g/mol. The SMILES string of the molecule is Cc1c(C(=O)NCCO)c(C)c(N2CCOCC2=O)c(C)c1C(=O)NCC(O)C(O)CO. The van der Waals surface area contributed by atoms with Crippen LogP contribution in [-0.4, -0.2) is 96.4 Å². The van der Waals surface area contributed by atoms with Gasteiger partial charge in [0, 0.05) is 30.8 Å². The summed E-state index contributed by atoms with van der Waals surface area (Å²) in [5, 5.41) is 42.5. The first-order chi connectivity index (χ1) is 15.1. The lowest BCUT2D eigenvalue weighted by molar-refractivity contribution is -0.125. The number of benzene rings is 1. The fourth-order valence-electron chi connectivity index (χ4n) is 3.85. The highest BCUT2D eigenvalue weighted by Gasteiger charge is 2.31. The summed E-state index contributed by atoms with van der Waals surface area (Å²) in [6, 6.07) is 0. The lowest BCUT2D eigenvalue weighted by Crippen LogP contribution is -2.44. The molecule has 6 N–H and O–H groups in total. The molecule has 1 aliphatic rings. The molecule has 0 aromatic heterocycles. The Morgan fingerprint density at radius 3 is 2.12 bits per heavy atom. The first kappa shape index (κ1) is 25.7. The molecule has 2 rings (SSSR count). The third kappa shape index (κ3) is 5.43. The maximum Gasteiger partial charge on any atom is 0.253 e. The van der Waals surface area contributed by atoms with Gasteiger partial charge in [0.1, 0.15) is 12.7 Å². The number of aliphatic hydroxyl groups is 4. The van der Waals surface area contributed by atoms with E-state index in [4.69, 9.17) is 14.9 Å². The lowest BCUT2D eigenvalue weighted by atomic mass is 9.89. The molecule has 0 radical (unpaired) electrons. The van der Waals surface area contributed by atoms with Crippen LogP contribution in [0.4, 0.5) is 5.69 Å². The Labute approximate surface area is 186 Å². The van der Waals surface area contributed by atoms with Crippen LogP contribution in [0.3, 0.4) is 0 Å². The zero-order valence-electron chi connectivity index (χ0n) is 18.5. The number of ether oxygens (including phenoxy) is 1. The fraction of sp³-hybridized carbons (Fsp3) is 0.571. The van der Waals surface area contributed by atoms with Crippen molar-refractivity contribution in [3.05, 3.63) is 27.8 Å². The molecule has 32 heavy (non-hydrogen) atoms. The summed E-state index contributed by atoms with van der Waals surface area (Å²) < 4.78 is 5.19. The molecule has 2 atom stereocenters. The Hall–Kier alpha value is -2.57. The van der Waals surface area contributed by atoms with Crippen LogP contribution in [0, 0.1) is 20.8 Å². The van der Waals surface area contributed by atoms with E-state index in [-0.39, 0.29) is 49.9 Å². The second-order valence-corrected chi connectivity index (χ2v) is 7.58. The monoisotopic (exact) mass is 453 g/mol. The van der Waals surface area contributed by atoms with Crippen molar-refractivity contribution in [2.75, 3.05) is 51.0 Å². The number of morpholine rings is 1. The van der Waals surface area contributed by atoms with Crippen molar-refractivity contribution in [2.45, 2.75) is 33.0 Å². The third-order valence-corrected chi connectivity index (χ3v) is 5.42. The molecule has 178 valence electrons. The van der Waals surface area contributed by atoms with E-state index in [0.717, 1.165) is 0 Å². The van der Waals surface area contributed by atoms with E-state index in [9.17, 15) is 24.6 Å². The molecule has 11 nitrogen and oxygen atoms in total. The Morgan fingerprint density at radius 2 is 1.59 bits per heavy atom. The van der Waals surface area contributed by atoms with Crippen molar-refractivity contribution >= 4 is 23.4 Å². The smallest absolute Gasteiger partial charge is 0.253 e. The van der Waals surface area contributed by atoms with Crippen LogP contribution in [0.1, 0.15) is 37.4 Å². The predicted molar refractivity (Wildman–Crippen MR) is 115 cm³/mol. The normalized spacial score (nSPS) is 16.0. The van der Waals surface area contributed by atoms with E-state index in [1.165, 1.54) is 4.90 Å². The zero-order chi connectivity index (χ0) is 24.0. The number of hydrogen-bond donors (Lipinski definition) is 6. The number of rotatable bonds is 9.